The van der Waals surface area contributed by atoms with E-state index in [1.54, 1.807) is 23.7 Å². The van der Waals surface area contributed by atoms with E-state index < -0.39 is 5.97 Å². The molecule has 0 fully saturated rings. The molecule has 0 aromatic carbocycles. The van der Waals surface area contributed by atoms with Crippen LogP contribution in [0.1, 0.15) is 20.8 Å². The van der Waals surface area contributed by atoms with E-state index in [1.807, 2.05) is 6.26 Å². The Morgan fingerprint density at radius 2 is 2.18 bits per heavy atom. The third-order valence-electron chi connectivity index (χ3n) is 2.21. The van der Waals surface area contributed by atoms with Crippen LogP contribution in [0.4, 0.5) is 0 Å². The maximum Gasteiger partial charge on any atom is 0.337 e. The Morgan fingerprint density at radius 1 is 1.47 bits per heavy atom. The summed E-state index contributed by atoms with van der Waals surface area (Å²) in [4.78, 5) is 27.9. The molecule has 0 aliphatic heterocycles. The molecule has 1 N–H and O–H groups in total. The largest absolute Gasteiger partial charge is 0.478 e. The molecule has 0 saturated heterocycles. The van der Waals surface area contributed by atoms with Crippen molar-refractivity contribution >= 4 is 23.6 Å². The van der Waals surface area contributed by atoms with Gasteiger partial charge in [-0.15, -0.1) is 0 Å². The fraction of sp³-hybridized carbons (Fsp3) is 0.364. The molecule has 1 heterocycles. The van der Waals surface area contributed by atoms with Crippen molar-refractivity contribution in [2.45, 2.75) is 0 Å². The molecule has 17 heavy (non-hydrogen) atoms. The topological polar surface area (TPSA) is 70.5 Å². The number of carboxylic acids is 1. The van der Waals surface area contributed by atoms with Crippen LogP contribution in [-0.4, -0.2) is 52.5 Å². The zero-order chi connectivity index (χ0) is 12.8. The number of carboxylic acid groups (broad SMARTS) is 1. The second-order valence-corrected chi connectivity index (χ2v) is 4.44. The lowest BCUT2D eigenvalue weighted by atomic mass is 10.2. The van der Waals surface area contributed by atoms with E-state index in [2.05, 4.69) is 4.98 Å². The summed E-state index contributed by atoms with van der Waals surface area (Å²) in [6.07, 6.45) is 3.16. The van der Waals surface area contributed by atoms with Gasteiger partial charge in [-0.05, 0) is 18.4 Å². The van der Waals surface area contributed by atoms with Gasteiger partial charge in [-0.25, -0.2) is 4.79 Å². The smallest absolute Gasteiger partial charge is 0.337 e. The maximum atomic E-state index is 11.8. The molecule has 0 unspecified atom stereocenters. The van der Waals surface area contributed by atoms with Gasteiger partial charge in [-0.1, -0.05) is 0 Å². The average molecular weight is 254 g/mol. The summed E-state index contributed by atoms with van der Waals surface area (Å²) in [7, 11) is 1.70. The van der Waals surface area contributed by atoms with Gasteiger partial charge in [-0.2, -0.15) is 11.8 Å². The van der Waals surface area contributed by atoms with Crippen molar-refractivity contribution in [1.29, 1.82) is 0 Å². The Morgan fingerprint density at radius 3 is 2.65 bits per heavy atom. The molecule has 0 saturated carbocycles. The predicted molar refractivity (Wildman–Crippen MR) is 66.5 cm³/mol. The normalized spacial score (nSPS) is 10.0. The lowest BCUT2D eigenvalue weighted by molar-refractivity contribution is 0.0694. The number of thioether (sulfide) groups is 1. The molecule has 1 aromatic heterocycles. The van der Waals surface area contributed by atoms with Gasteiger partial charge in [0, 0.05) is 25.5 Å². The minimum Gasteiger partial charge on any atom is -0.478 e. The van der Waals surface area contributed by atoms with Crippen LogP contribution in [0, 0.1) is 0 Å². The molecular weight excluding hydrogens is 240 g/mol. The van der Waals surface area contributed by atoms with Crippen LogP contribution in [0.25, 0.3) is 0 Å². The zero-order valence-corrected chi connectivity index (χ0v) is 10.5. The Labute approximate surface area is 104 Å². The molecular formula is C11H14N2O3S. The molecule has 0 atom stereocenters. The van der Waals surface area contributed by atoms with E-state index >= 15 is 0 Å². The van der Waals surface area contributed by atoms with Crippen molar-refractivity contribution in [2.24, 2.45) is 0 Å². The summed E-state index contributed by atoms with van der Waals surface area (Å²) in [5, 5.41) is 8.70. The summed E-state index contributed by atoms with van der Waals surface area (Å²) in [6, 6.07) is 2.81. The first kappa shape index (κ1) is 13.5. The average Bonchev–Trinajstić information content (AvgIpc) is 2.35. The van der Waals surface area contributed by atoms with E-state index in [0.717, 1.165) is 5.75 Å². The fourth-order valence-electron chi connectivity index (χ4n) is 1.17. The lowest BCUT2D eigenvalue weighted by Crippen LogP contribution is -2.29. The molecule has 0 aliphatic rings. The van der Waals surface area contributed by atoms with E-state index in [-0.39, 0.29) is 17.2 Å². The zero-order valence-electron chi connectivity index (χ0n) is 9.71. The Kier molecular flexibility index (Phi) is 4.96. The van der Waals surface area contributed by atoms with Gasteiger partial charge in [0.25, 0.3) is 5.91 Å². The highest BCUT2D eigenvalue weighted by Gasteiger charge is 2.13. The first-order valence-corrected chi connectivity index (χ1v) is 6.39. The minimum absolute atomic E-state index is 0.0771. The summed E-state index contributed by atoms with van der Waals surface area (Å²) in [5.41, 5.74) is 0.340. The van der Waals surface area contributed by atoms with Crippen LogP contribution >= 0.6 is 11.8 Å². The quantitative estimate of drug-likeness (QED) is 0.855. The van der Waals surface area contributed by atoms with Gasteiger partial charge < -0.3 is 10.0 Å². The van der Waals surface area contributed by atoms with Crippen molar-refractivity contribution in [3.05, 3.63) is 29.6 Å². The number of hydrogen-bond acceptors (Lipinski definition) is 4. The molecule has 0 spiro atoms. The van der Waals surface area contributed by atoms with Gasteiger partial charge in [0.2, 0.25) is 0 Å². The van der Waals surface area contributed by atoms with Crippen molar-refractivity contribution < 1.29 is 14.7 Å². The first-order chi connectivity index (χ1) is 8.06. The molecule has 1 rings (SSSR count). The molecule has 0 radical (unpaired) electrons. The highest BCUT2D eigenvalue weighted by molar-refractivity contribution is 7.98. The lowest BCUT2D eigenvalue weighted by Gasteiger charge is -2.15. The second kappa shape index (κ2) is 6.24. The third-order valence-corrected chi connectivity index (χ3v) is 2.80. The molecule has 6 heteroatoms. The number of rotatable bonds is 5. The van der Waals surface area contributed by atoms with E-state index in [9.17, 15) is 9.59 Å². The first-order valence-electron chi connectivity index (χ1n) is 5.00. The van der Waals surface area contributed by atoms with Crippen molar-refractivity contribution in [1.82, 2.24) is 9.88 Å². The van der Waals surface area contributed by atoms with Crippen LogP contribution in [0.3, 0.4) is 0 Å². The van der Waals surface area contributed by atoms with Gasteiger partial charge in [0.1, 0.15) is 5.69 Å². The van der Waals surface area contributed by atoms with Crippen LogP contribution in [0.5, 0.6) is 0 Å². The number of carbonyl (C=O) groups excluding carboxylic acids is 1. The van der Waals surface area contributed by atoms with Crippen LogP contribution in [0.2, 0.25) is 0 Å². The molecule has 0 aliphatic carbocycles. The third kappa shape index (κ3) is 3.74. The minimum atomic E-state index is -1.05. The van der Waals surface area contributed by atoms with Crippen LogP contribution in [0.15, 0.2) is 18.3 Å². The molecule has 1 amide bonds. The summed E-state index contributed by atoms with van der Waals surface area (Å²) < 4.78 is 0. The van der Waals surface area contributed by atoms with Gasteiger partial charge >= 0.3 is 5.97 Å². The van der Waals surface area contributed by atoms with Gasteiger partial charge in [0.15, 0.2) is 0 Å². The molecule has 1 aromatic rings. The van der Waals surface area contributed by atoms with E-state index in [1.165, 1.54) is 18.3 Å². The predicted octanol–water partition coefficient (Wildman–Crippen LogP) is 1.21. The highest BCUT2D eigenvalue weighted by atomic mass is 32.2. The number of hydrogen-bond donors (Lipinski definition) is 1. The number of carbonyl (C=O) groups is 2. The Hall–Kier alpha value is -1.56. The second-order valence-electron chi connectivity index (χ2n) is 3.46. The molecule has 0 bridgehead atoms. The monoisotopic (exact) mass is 254 g/mol. The summed E-state index contributed by atoms with van der Waals surface area (Å²) in [6.45, 7) is 0.641. The van der Waals surface area contributed by atoms with Crippen molar-refractivity contribution in [2.75, 3.05) is 25.6 Å². The van der Waals surface area contributed by atoms with E-state index in [0.29, 0.717) is 6.54 Å². The van der Waals surface area contributed by atoms with Gasteiger partial charge in [0.05, 0.1) is 5.56 Å². The highest BCUT2D eigenvalue weighted by Crippen LogP contribution is 2.04. The number of aromatic carboxylic acids is 1. The van der Waals surface area contributed by atoms with Crippen LogP contribution < -0.4 is 0 Å². The van der Waals surface area contributed by atoms with Crippen molar-refractivity contribution in [3.63, 3.8) is 0 Å². The molecule has 92 valence electrons. The Bertz CT molecular complexity index is 406. The number of amides is 1. The number of pyridine rings is 1. The van der Waals surface area contributed by atoms with Gasteiger partial charge in [-0.3, -0.25) is 9.78 Å². The molecule has 5 nitrogen and oxygen atoms in total. The SMILES string of the molecule is CSCCN(C)C(=O)c1ccc(C(=O)O)cn1. The summed E-state index contributed by atoms with van der Waals surface area (Å²) in [5.74, 6) is -0.390. The summed E-state index contributed by atoms with van der Waals surface area (Å²) >= 11 is 1.66. The van der Waals surface area contributed by atoms with Crippen molar-refractivity contribution in [3.8, 4) is 0 Å². The standard InChI is InChI=1S/C11H14N2O3S/c1-13(5-6-17-2)10(14)9-4-3-8(7-12-9)11(15)16/h3-4,7H,5-6H2,1-2H3,(H,15,16). The Balaban J connectivity index is 2.72. The van der Waals surface area contributed by atoms with Crippen LogP contribution in [-0.2, 0) is 0 Å². The van der Waals surface area contributed by atoms with E-state index in [4.69, 9.17) is 5.11 Å². The number of aromatic nitrogens is 1. The number of nitrogens with zero attached hydrogens (tertiary/aromatic N) is 2. The maximum absolute atomic E-state index is 11.8. The fourth-order valence-corrected chi connectivity index (χ4v) is 1.63.